The van der Waals surface area contributed by atoms with Crippen molar-refractivity contribution in [1.29, 1.82) is 0 Å². The highest BCUT2D eigenvalue weighted by molar-refractivity contribution is 6.63. The smallest absolute Gasteiger partial charge is 0.494 e. The van der Waals surface area contributed by atoms with Gasteiger partial charge in [0.25, 0.3) is 0 Å². The van der Waals surface area contributed by atoms with E-state index < -0.39 is 18.3 Å². The predicted molar refractivity (Wildman–Crippen MR) is 82.5 cm³/mol. The lowest BCUT2D eigenvalue weighted by Crippen LogP contribution is -2.41. The minimum absolute atomic E-state index is 0.354. The topological polar surface area (TPSA) is 27.7 Å². The fourth-order valence-electron chi connectivity index (χ4n) is 2.16. The number of hydrogen-bond acceptors (Lipinski definition) is 3. The summed E-state index contributed by atoms with van der Waals surface area (Å²) in [7, 11) is -0.743. The van der Waals surface area contributed by atoms with Crippen LogP contribution in [0.5, 0.6) is 5.75 Å². The molecular weight excluding hydrogens is 270 g/mol. The van der Waals surface area contributed by atoms with E-state index in [0.29, 0.717) is 17.8 Å². The van der Waals surface area contributed by atoms with E-state index in [-0.39, 0.29) is 5.82 Å². The third kappa shape index (κ3) is 3.24. The monoisotopic (exact) mass is 294 g/mol. The molecule has 0 amide bonds. The molecule has 0 aliphatic carbocycles. The molecule has 1 aliphatic heterocycles. The van der Waals surface area contributed by atoms with Crippen LogP contribution in [0.15, 0.2) is 18.2 Å². The summed E-state index contributed by atoms with van der Waals surface area (Å²) < 4.78 is 31.9. The average molecular weight is 294 g/mol. The number of benzene rings is 1. The summed E-state index contributed by atoms with van der Waals surface area (Å²) in [5, 5.41) is 0. The molecule has 1 fully saturated rings. The molecule has 1 saturated heterocycles. The summed E-state index contributed by atoms with van der Waals surface area (Å²) in [6.45, 7) is 10.4. The number of ether oxygens (including phenoxy) is 1. The molecule has 0 atom stereocenters. The van der Waals surface area contributed by atoms with Crippen molar-refractivity contribution in [2.45, 2.75) is 58.7 Å². The fraction of sp³-hybridized carbons (Fsp3) is 0.625. The third-order valence-electron chi connectivity index (χ3n) is 4.26. The quantitative estimate of drug-likeness (QED) is 0.616. The zero-order chi connectivity index (χ0) is 15.7. The molecule has 0 N–H and O–H groups in total. The van der Waals surface area contributed by atoms with E-state index >= 15 is 0 Å². The van der Waals surface area contributed by atoms with E-state index in [9.17, 15) is 4.39 Å². The maximum Gasteiger partial charge on any atom is 0.501 e. The summed E-state index contributed by atoms with van der Waals surface area (Å²) in [4.78, 5) is 0. The molecule has 1 aliphatic rings. The number of hydrogen-bond donors (Lipinski definition) is 0. The van der Waals surface area contributed by atoms with Crippen LogP contribution in [-0.4, -0.2) is 24.9 Å². The molecule has 0 unspecified atom stereocenters. The zero-order valence-corrected chi connectivity index (χ0v) is 13.5. The molecule has 2 rings (SSSR count). The first-order valence-electron chi connectivity index (χ1n) is 7.55. The van der Waals surface area contributed by atoms with Crippen molar-refractivity contribution >= 4 is 12.6 Å². The van der Waals surface area contributed by atoms with Crippen molar-refractivity contribution < 1.29 is 18.4 Å². The molecule has 0 spiro atoms. The Hall–Kier alpha value is -1.07. The van der Waals surface area contributed by atoms with Gasteiger partial charge in [0.05, 0.1) is 23.3 Å². The van der Waals surface area contributed by atoms with Gasteiger partial charge in [0.2, 0.25) is 0 Å². The summed E-state index contributed by atoms with van der Waals surface area (Å²) in [5.74, 6) is 0.143. The molecule has 3 nitrogen and oxygen atoms in total. The van der Waals surface area contributed by atoms with Crippen LogP contribution in [0.3, 0.4) is 0 Å². The molecular formula is C16H24BFO3. The highest BCUT2D eigenvalue weighted by Crippen LogP contribution is 2.37. The third-order valence-corrected chi connectivity index (χ3v) is 4.26. The molecule has 0 aromatic heterocycles. The van der Waals surface area contributed by atoms with Gasteiger partial charge in [0.15, 0.2) is 0 Å². The van der Waals surface area contributed by atoms with E-state index in [1.165, 1.54) is 6.07 Å². The number of unbranched alkanes of at least 4 members (excludes halogenated alkanes) is 1. The van der Waals surface area contributed by atoms with Crippen LogP contribution in [0.25, 0.3) is 0 Å². The second-order valence-electron chi connectivity index (χ2n) is 6.44. The second kappa shape index (κ2) is 5.97. The van der Waals surface area contributed by atoms with Crippen LogP contribution >= 0.6 is 0 Å². The van der Waals surface area contributed by atoms with Crippen molar-refractivity contribution in [2.24, 2.45) is 0 Å². The number of rotatable bonds is 5. The first-order valence-corrected chi connectivity index (χ1v) is 7.55. The first kappa shape index (κ1) is 16.3. The molecule has 1 aromatic rings. The van der Waals surface area contributed by atoms with Gasteiger partial charge in [-0.2, -0.15) is 0 Å². The molecule has 5 heteroatoms. The Kier molecular flexibility index (Phi) is 4.64. The fourth-order valence-corrected chi connectivity index (χ4v) is 2.16. The van der Waals surface area contributed by atoms with E-state index in [2.05, 4.69) is 6.92 Å². The molecule has 1 heterocycles. The Morgan fingerprint density at radius 1 is 1.14 bits per heavy atom. The van der Waals surface area contributed by atoms with Gasteiger partial charge in [-0.05, 0) is 46.2 Å². The summed E-state index contributed by atoms with van der Waals surface area (Å²) in [6, 6.07) is 4.82. The van der Waals surface area contributed by atoms with E-state index in [4.69, 9.17) is 14.0 Å². The predicted octanol–water partition coefficient (Wildman–Crippen LogP) is 3.30. The molecule has 21 heavy (non-hydrogen) atoms. The van der Waals surface area contributed by atoms with E-state index in [0.717, 1.165) is 12.8 Å². The first-order chi connectivity index (χ1) is 9.78. The van der Waals surface area contributed by atoms with E-state index in [1.807, 2.05) is 27.7 Å². The van der Waals surface area contributed by atoms with Crippen LogP contribution in [-0.2, 0) is 9.31 Å². The normalized spacial score (nSPS) is 19.8. The van der Waals surface area contributed by atoms with Crippen molar-refractivity contribution in [1.82, 2.24) is 0 Å². The summed E-state index contributed by atoms with van der Waals surface area (Å²) in [5.41, 5.74) is -0.645. The molecule has 116 valence electrons. The largest absolute Gasteiger partial charge is 0.501 e. The van der Waals surface area contributed by atoms with Gasteiger partial charge in [-0.25, -0.2) is 4.39 Å². The van der Waals surface area contributed by atoms with Crippen LogP contribution in [0.4, 0.5) is 4.39 Å². The lowest BCUT2D eigenvalue weighted by molar-refractivity contribution is 0.00578. The average Bonchev–Trinajstić information content (AvgIpc) is 2.58. The van der Waals surface area contributed by atoms with Gasteiger partial charge >= 0.3 is 7.12 Å². The van der Waals surface area contributed by atoms with Crippen molar-refractivity contribution in [3.8, 4) is 5.75 Å². The van der Waals surface area contributed by atoms with Crippen molar-refractivity contribution in [3.05, 3.63) is 24.0 Å². The van der Waals surface area contributed by atoms with Crippen molar-refractivity contribution in [2.75, 3.05) is 6.61 Å². The van der Waals surface area contributed by atoms with E-state index in [1.54, 1.807) is 12.1 Å². The van der Waals surface area contributed by atoms with Gasteiger partial charge in [-0.3, -0.25) is 0 Å². The maximum atomic E-state index is 14.3. The minimum Gasteiger partial charge on any atom is -0.494 e. The zero-order valence-electron chi connectivity index (χ0n) is 13.5. The van der Waals surface area contributed by atoms with Crippen LogP contribution < -0.4 is 10.2 Å². The maximum absolute atomic E-state index is 14.3. The SMILES string of the molecule is CCCCOc1cccc(F)c1B1OC(C)(C)C(C)(C)O1. The minimum atomic E-state index is -0.743. The van der Waals surface area contributed by atoms with Gasteiger partial charge < -0.3 is 14.0 Å². The van der Waals surface area contributed by atoms with Crippen LogP contribution in [0.2, 0.25) is 0 Å². The number of halogens is 1. The Bertz CT molecular complexity index is 486. The molecule has 1 aromatic carbocycles. The Labute approximate surface area is 126 Å². The Balaban J connectivity index is 2.27. The van der Waals surface area contributed by atoms with Crippen molar-refractivity contribution in [3.63, 3.8) is 0 Å². The highest BCUT2D eigenvalue weighted by atomic mass is 19.1. The van der Waals surface area contributed by atoms with Crippen LogP contribution in [0.1, 0.15) is 47.5 Å². The molecule has 0 bridgehead atoms. The van der Waals surface area contributed by atoms with Gasteiger partial charge in [-0.1, -0.05) is 19.4 Å². The second-order valence-corrected chi connectivity index (χ2v) is 6.44. The van der Waals surface area contributed by atoms with Gasteiger partial charge in [0.1, 0.15) is 11.6 Å². The standard InChI is InChI=1S/C16H24BFO3/c1-6-7-11-19-13-10-8-9-12(18)14(13)17-20-15(2,3)16(4,5)21-17/h8-10H,6-7,11H2,1-5H3. The van der Waals surface area contributed by atoms with Gasteiger partial charge in [-0.15, -0.1) is 0 Å². The highest BCUT2D eigenvalue weighted by Gasteiger charge is 2.53. The Morgan fingerprint density at radius 2 is 1.76 bits per heavy atom. The van der Waals surface area contributed by atoms with Gasteiger partial charge in [0, 0.05) is 0 Å². The molecule has 0 radical (unpaired) electrons. The molecule has 0 saturated carbocycles. The lowest BCUT2D eigenvalue weighted by Gasteiger charge is -2.32. The Morgan fingerprint density at radius 3 is 2.33 bits per heavy atom. The summed E-state index contributed by atoms with van der Waals surface area (Å²) in [6.07, 6.45) is 1.96. The van der Waals surface area contributed by atoms with Crippen LogP contribution in [0, 0.1) is 5.82 Å². The summed E-state index contributed by atoms with van der Waals surface area (Å²) >= 11 is 0. The lowest BCUT2D eigenvalue weighted by atomic mass is 9.78.